The number of thiophene rings is 1. The monoisotopic (exact) mass is 272 g/mol. The predicted octanol–water partition coefficient (Wildman–Crippen LogP) is 4.64. The molecule has 0 atom stereocenters. The molecule has 84 valence electrons. The summed E-state index contributed by atoms with van der Waals surface area (Å²) in [5.74, 6) is 0. The normalized spacial score (nSPS) is 12.0. The van der Waals surface area contributed by atoms with Crippen LogP contribution in [0.2, 0.25) is 9.36 Å². The van der Waals surface area contributed by atoms with Crippen LogP contribution in [-0.4, -0.2) is 4.57 Å². The Morgan fingerprint density at radius 2 is 2.00 bits per heavy atom. The molecule has 0 amide bonds. The average Bonchev–Trinajstić information content (AvgIpc) is 2.65. The highest BCUT2D eigenvalue weighted by molar-refractivity contribution is 7.23. The maximum Gasteiger partial charge on any atom is 0.131 e. The molecule has 0 radical (unpaired) electrons. The molecule has 0 aliphatic carbocycles. The Morgan fingerprint density at radius 1 is 1.38 bits per heavy atom. The van der Waals surface area contributed by atoms with Crippen LogP contribution in [0.1, 0.15) is 26.5 Å². The third kappa shape index (κ3) is 1.62. The van der Waals surface area contributed by atoms with Gasteiger partial charge in [-0.25, -0.2) is 0 Å². The first kappa shape index (κ1) is 11.8. The minimum Gasteiger partial charge on any atom is -0.332 e. The molecule has 0 spiro atoms. The van der Waals surface area contributed by atoms with Gasteiger partial charge in [0.2, 0.25) is 0 Å². The molecule has 0 saturated heterocycles. The largest absolute Gasteiger partial charge is 0.332 e. The van der Waals surface area contributed by atoms with Crippen LogP contribution >= 0.6 is 34.5 Å². The van der Waals surface area contributed by atoms with Crippen molar-refractivity contribution in [1.82, 2.24) is 4.57 Å². The first-order valence-electron chi connectivity index (χ1n) is 4.75. The van der Waals surface area contributed by atoms with Crippen molar-refractivity contribution in [2.45, 2.75) is 26.3 Å². The topological polar surface area (TPSA) is 28.7 Å². The van der Waals surface area contributed by atoms with Gasteiger partial charge in [-0.1, -0.05) is 23.2 Å². The molecule has 0 unspecified atom stereocenters. The maximum absolute atomic E-state index is 9.23. The molecule has 16 heavy (non-hydrogen) atoms. The molecule has 0 aromatic carbocycles. The van der Waals surface area contributed by atoms with Gasteiger partial charge >= 0.3 is 0 Å². The second kappa shape index (κ2) is 3.66. The van der Waals surface area contributed by atoms with Gasteiger partial charge < -0.3 is 4.57 Å². The number of hydrogen-bond donors (Lipinski definition) is 0. The third-order valence-electron chi connectivity index (χ3n) is 2.39. The number of halogens is 2. The van der Waals surface area contributed by atoms with E-state index < -0.39 is 0 Å². The van der Waals surface area contributed by atoms with Gasteiger partial charge in [0.1, 0.15) is 16.1 Å². The highest BCUT2D eigenvalue weighted by atomic mass is 35.5. The van der Waals surface area contributed by atoms with Gasteiger partial charge in [0.05, 0.1) is 9.72 Å². The number of aromatic nitrogens is 1. The van der Waals surface area contributed by atoms with E-state index in [9.17, 15) is 5.26 Å². The summed E-state index contributed by atoms with van der Waals surface area (Å²) in [5.41, 5.74) is 0.440. The van der Waals surface area contributed by atoms with Crippen LogP contribution in [0.5, 0.6) is 0 Å². The van der Waals surface area contributed by atoms with Crippen LogP contribution < -0.4 is 0 Å². The summed E-state index contributed by atoms with van der Waals surface area (Å²) >= 11 is 13.5. The Labute approximate surface area is 108 Å². The Balaban J connectivity index is 2.87. The minimum atomic E-state index is -0.139. The quantitative estimate of drug-likeness (QED) is 0.687. The molecule has 0 bridgehead atoms. The van der Waals surface area contributed by atoms with Crippen molar-refractivity contribution in [2.75, 3.05) is 0 Å². The van der Waals surface area contributed by atoms with Crippen LogP contribution in [0.15, 0.2) is 6.20 Å². The fourth-order valence-electron chi connectivity index (χ4n) is 1.65. The van der Waals surface area contributed by atoms with Gasteiger partial charge in [0.15, 0.2) is 0 Å². The zero-order chi connectivity index (χ0) is 12.1. The van der Waals surface area contributed by atoms with E-state index in [4.69, 9.17) is 23.2 Å². The van der Waals surface area contributed by atoms with Crippen LogP contribution in [0.3, 0.4) is 0 Å². The lowest BCUT2D eigenvalue weighted by molar-refractivity contribution is 0.396. The van der Waals surface area contributed by atoms with E-state index >= 15 is 0 Å². The minimum absolute atomic E-state index is 0.139. The van der Waals surface area contributed by atoms with E-state index in [0.717, 1.165) is 10.1 Å². The summed E-state index contributed by atoms with van der Waals surface area (Å²) in [5, 5.41) is 10.5. The fourth-order valence-corrected chi connectivity index (χ4v) is 3.20. The average molecular weight is 273 g/mol. The first-order valence-corrected chi connectivity index (χ1v) is 6.33. The second-order valence-corrected chi connectivity index (χ2v) is 6.59. The molecule has 0 aliphatic heterocycles. The lowest BCUT2D eigenvalue weighted by atomic mass is 10.1. The SMILES string of the molecule is CC(C)(C)n1cc2sc(Cl)c(Cl)c2c1C#N. The van der Waals surface area contributed by atoms with Crippen LogP contribution in [0.25, 0.3) is 10.1 Å². The number of nitrogens with zero attached hydrogens (tertiary/aromatic N) is 2. The summed E-state index contributed by atoms with van der Waals surface area (Å²) in [6.07, 6.45) is 1.94. The van der Waals surface area contributed by atoms with Crippen molar-refractivity contribution in [1.29, 1.82) is 5.26 Å². The van der Waals surface area contributed by atoms with Gasteiger partial charge in [-0.2, -0.15) is 5.26 Å². The molecule has 2 aromatic heterocycles. The summed E-state index contributed by atoms with van der Waals surface area (Å²) in [6.45, 7) is 6.15. The number of rotatable bonds is 0. The van der Waals surface area contributed by atoms with Gasteiger partial charge in [-0.05, 0) is 20.8 Å². The van der Waals surface area contributed by atoms with E-state index in [1.54, 1.807) is 0 Å². The van der Waals surface area contributed by atoms with E-state index in [-0.39, 0.29) is 5.54 Å². The predicted molar refractivity (Wildman–Crippen MR) is 69.5 cm³/mol. The molecule has 0 N–H and O–H groups in total. The van der Waals surface area contributed by atoms with Crippen molar-refractivity contribution in [3.8, 4) is 6.07 Å². The maximum atomic E-state index is 9.23. The smallest absolute Gasteiger partial charge is 0.131 e. The molecule has 2 aromatic rings. The molecule has 2 rings (SSSR count). The highest BCUT2D eigenvalue weighted by Crippen LogP contribution is 2.42. The molecule has 0 aliphatic rings. The van der Waals surface area contributed by atoms with Crippen molar-refractivity contribution >= 4 is 44.6 Å². The van der Waals surface area contributed by atoms with Crippen LogP contribution in [0, 0.1) is 11.3 Å². The van der Waals surface area contributed by atoms with Gasteiger partial charge in [-0.15, -0.1) is 11.3 Å². The van der Waals surface area contributed by atoms with Crippen molar-refractivity contribution in [3.05, 3.63) is 21.2 Å². The number of nitriles is 1. The molecule has 0 saturated carbocycles. The molecular formula is C11H10Cl2N2S. The summed E-state index contributed by atoms with van der Waals surface area (Å²) < 4.78 is 3.45. The van der Waals surface area contributed by atoms with E-state index in [2.05, 4.69) is 6.07 Å². The highest BCUT2D eigenvalue weighted by Gasteiger charge is 2.23. The summed E-state index contributed by atoms with van der Waals surface area (Å²) in [6, 6.07) is 2.21. The van der Waals surface area contributed by atoms with Crippen molar-refractivity contribution in [2.24, 2.45) is 0 Å². The Morgan fingerprint density at radius 3 is 2.50 bits per heavy atom. The molecular weight excluding hydrogens is 263 g/mol. The van der Waals surface area contributed by atoms with Gasteiger partial charge in [-0.3, -0.25) is 0 Å². The molecule has 2 nitrogen and oxygen atoms in total. The van der Waals surface area contributed by atoms with Crippen LogP contribution in [-0.2, 0) is 5.54 Å². The Hall–Kier alpha value is -0.690. The van der Waals surface area contributed by atoms with E-state index in [1.807, 2.05) is 31.5 Å². The standard InChI is InChI=1S/C11H10Cl2N2S/c1-11(2,3)15-5-7-8(6(15)4-14)9(12)10(13)16-7/h5H,1-3H3. The summed E-state index contributed by atoms with van der Waals surface area (Å²) in [4.78, 5) is 0. The van der Waals surface area contributed by atoms with Gasteiger partial charge in [0, 0.05) is 17.1 Å². The second-order valence-electron chi connectivity index (χ2n) is 4.56. The number of hydrogen-bond acceptors (Lipinski definition) is 2. The zero-order valence-corrected chi connectivity index (χ0v) is 11.5. The number of fused-ring (bicyclic) bond motifs is 1. The van der Waals surface area contributed by atoms with Crippen molar-refractivity contribution in [3.63, 3.8) is 0 Å². The van der Waals surface area contributed by atoms with Crippen molar-refractivity contribution < 1.29 is 0 Å². The lowest BCUT2D eigenvalue weighted by Crippen LogP contribution is -2.22. The van der Waals surface area contributed by atoms with Gasteiger partial charge in [0.25, 0.3) is 0 Å². The lowest BCUT2D eigenvalue weighted by Gasteiger charge is -2.22. The molecule has 5 heteroatoms. The summed E-state index contributed by atoms with van der Waals surface area (Å²) in [7, 11) is 0. The van der Waals surface area contributed by atoms with E-state index in [1.165, 1.54) is 11.3 Å². The van der Waals surface area contributed by atoms with Crippen LogP contribution in [0.4, 0.5) is 0 Å². The Kier molecular flexibility index (Phi) is 2.70. The first-order chi connectivity index (χ1) is 7.36. The van der Waals surface area contributed by atoms with E-state index in [0.29, 0.717) is 15.1 Å². The Bertz CT molecular complexity index is 596. The zero-order valence-electron chi connectivity index (χ0n) is 9.14. The molecule has 0 fully saturated rings. The third-order valence-corrected chi connectivity index (χ3v) is 4.31. The molecule has 2 heterocycles. The fraction of sp³-hybridized carbons (Fsp3) is 0.364.